The summed E-state index contributed by atoms with van der Waals surface area (Å²) in [5.74, 6) is 2.58. The molecule has 0 bridgehead atoms. The van der Waals surface area contributed by atoms with E-state index >= 15 is 0 Å². The van der Waals surface area contributed by atoms with Gasteiger partial charge >= 0.3 is 0 Å². The van der Waals surface area contributed by atoms with E-state index in [9.17, 15) is 0 Å². The Morgan fingerprint density at radius 2 is 1.97 bits per heavy atom. The van der Waals surface area contributed by atoms with Crippen molar-refractivity contribution in [1.82, 2.24) is 20.8 Å². The summed E-state index contributed by atoms with van der Waals surface area (Å²) < 4.78 is 16.6. The summed E-state index contributed by atoms with van der Waals surface area (Å²) in [5.41, 5.74) is 0. The third-order valence-electron chi connectivity index (χ3n) is 4.58. The first-order chi connectivity index (χ1) is 15.2. The molecule has 0 aliphatic carbocycles. The fourth-order valence-corrected chi connectivity index (χ4v) is 3.04. The largest absolute Gasteiger partial charge is 0.494 e. The van der Waals surface area contributed by atoms with E-state index < -0.39 is 0 Å². The number of aliphatic imine (C=N–C) groups is 1. The SMILES string of the molecule is CCNC(=NCc1nc(C(C)OCC)no1)NCCCOc1ccc2ccccc2c1. The Balaban J connectivity index is 1.43. The number of benzene rings is 2. The van der Waals surface area contributed by atoms with Crippen LogP contribution in [0.1, 0.15) is 45.0 Å². The minimum absolute atomic E-state index is 0.194. The summed E-state index contributed by atoms with van der Waals surface area (Å²) in [6, 6.07) is 14.4. The summed E-state index contributed by atoms with van der Waals surface area (Å²) in [6.07, 6.45) is 0.647. The lowest BCUT2D eigenvalue weighted by Gasteiger charge is -2.11. The second-order valence-electron chi connectivity index (χ2n) is 6.98. The lowest BCUT2D eigenvalue weighted by molar-refractivity contribution is 0.0683. The summed E-state index contributed by atoms with van der Waals surface area (Å²) in [4.78, 5) is 8.85. The Bertz CT molecular complexity index is 973. The first-order valence-corrected chi connectivity index (χ1v) is 10.8. The quantitative estimate of drug-likeness (QED) is 0.274. The Hall–Kier alpha value is -3.13. The molecule has 0 fully saturated rings. The first-order valence-electron chi connectivity index (χ1n) is 10.8. The monoisotopic (exact) mass is 425 g/mol. The third-order valence-corrected chi connectivity index (χ3v) is 4.58. The molecule has 0 aliphatic heterocycles. The van der Waals surface area contributed by atoms with E-state index in [2.05, 4.69) is 50.0 Å². The van der Waals surface area contributed by atoms with Gasteiger partial charge in [-0.25, -0.2) is 4.99 Å². The van der Waals surface area contributed by atoms with Gasteiger partial charge in [0.1, 0.15) is 18.4 Å². The topological polar surface area (TPSA) is 93.8 Å². The van der Waals surface area contributed by atoms with Gasteiger partial charge in [0, 0.05) is 19.7 Å². The normalized spacial score (nSPS) is 12.7. The van der Waals surface area contributed by atoms with Gasteiger partial charge in [0.15, 0.2) is 11.8 Å². The molecule has 1 aromatic heterocycles. The number of fused-ring (bicyclic) bond motifs is 1. The van der Waals surface area contributed by atoms with Gasteiger partial charge in [-0.15, -0.1) is 0 Å². The average Bonchev–Trinajstić information content (AvgIpc) is 3.26. The van der Waals surface area contributed by atoms with Gasteiger partial charge in [-0.2, -0.15) is 4.98 Å². The molecule has 1 unspecified atom stereocenters. The van der Waals surface area contributed by atoms with Crippen molar-refractivity contribution in [3.63, 3.8) is 0 Å². The number of hydrogen-bond donors (Lipinski definition) is 2. The Morgan fingerprint density at radius 3 is 2.77 bits per heavy atom. The molecule has 0 saturated heterocycles. The van der Waals surface area contributed by atoms with Crippen LogP contribution in [0.15, 0.2) is 52.0 Å². The van der Waals surface area contributed by atoms with Crippen LogP contribution in [-0.4, -0.2) is 42.4 Å². The fourth-order valence-electron chi connectivity index (χ4n) is 3.04. The minimum atomic E-state index is -0.194. The zero-order valence-electron chi connectivity index (χ0n) is 18.4. The Kier molecular flexibility index (Phi) is 8.66. The molecule has 3 aromatic rings. The molecule has 0 saturated carbocycles. The third kappa shape index (κ3) is 6.96. The van der Waals surface area contributed by atoms with Crippen LogP contribution in [0.25, 0.3) is 10.8 Å². The molecule has 2 N–H and O–H groups in total. The molecule has 1 heterocycles. The van der Waals surface area contributed by atoms with Gasteiger partial charge in [-0.3, -0.25) is 0 Å². The van der Waals surface area contributed by atoms with Crippen LogP contribution in [0.3, 0.4) is 0 Å². The zero-order valence-corrected chi connectivity index (χ0v) is 18.4. The van der Waals surface area contributed by atoms with E-state index in [0.717, 1.165) is 25.3 Å². The van der Waals surface area contributed by atoms with Gasteiger partial charge in [0.25, 0.3) is 0 Å². The highest BCUT2D eigenvalue weighted by molar-refractivity contribution is 5.83. The molecule has 2 aromatic carbocycles. The van der Waals surface area contributed by atoms with E-state index in [1.54, 1.807) is 0 Å². The van der Waals surface area contributed by atoms with E-state index in [-0.39, 0.29) is 6.10 Å². The number of guanidine groups is 1. The van der Waals surface area contributed by atoms with Crippen LogP contribution in [-0.2, 0) is 11.3 Å². The molecule has 8 nitrogen and oxygen atoms in total. The van der Waals surface area contributed by atoms with Crippen molar-refractivity contribution < 1.29 is 14.0 Å². The minimum Gasteiger partial charge on any atom is -0.494 e. The van der Waals surface area contributed by atoms with Crippen molar-refractivity contribution in [2.24, 2.45) is 4.99 Å². The van der Waals surface area contributed by atoms with Gasteiger partial charge < -0.3 is 24.6 Å². The lowest BCUT2D eigenvalue weighted by Crippen LogP contribution is -2.38. The van der Waals surface area contributed by atoms with Gasteiger partial charge in [-0.05, 0) is 50.1 Å². The maximum Gasteiger partial charge on any atom is 0.248 e. The predicted molar refractivity (Wildman–Crippen MR) is 121 cm³/mol. The molecule has 31 heavy (non-hydrogen) atoms. The highest BCUT2D eigenvalue weighted by Crippen LogP contribution is 2.20. The van der Waals surface area contributed by atoms with Crippen LogP contribution in [0.5, 0.6) is 5.75 Å². The number of nitrogens with zero attached hydrogens (tertiary/aromatic N) is 3. The molecule has 3 rings (SSSR count). The molecule has 0 spiro atoms. The predicted octanol–water partition coefficient (Wildman–Crippen LogP) is 3.84. The molecule has 0 amide bonds. The van der Waals surface area contributed by atoms with E-state index in [4.69, 9.17) is 14.0 Å². The fraction of sp³-hybridized carbons (Fsp3) is 0.435. The number of aromatic nitrogens is 2. The highest BCUT2D eigenvalue weighted by Gasteiger charge is 2.13. The van der Waals surface area contributed by atoms with Crippen LogP contribution in [0.2, 0.25) is 0 Å². The molecule has 166 valence electrons. The summed E-state index contributed by atoms with van der Waals surface area (Å²) in [5, 5.41) is 12.9. The molecule has 1 atom stereocenters. The summed E-state index contributed by atoms with van der Waals surface area (Å²) in [7, 11) is 0. The second-order valence-corrected chi connectivity index (χ2v) is 6.98. The molecule has 0 aliphatic rings. The second kappa shape index (κ2) is 11.9. The summed E-state index contributed by atoms with van der Waals surface area (Å²) >= 11 is 0. The lowest BCUT2D eigenvalue weighted by atomic mass is 10.1. The van der Waals surface area contributed by atoms with Crippen LogP contribution >= 0.6 is 0 Å². The van der Waals surface area contributed by atoms with Gasteiger partial charge in [0.2, 0.25) is 5.89 Å². The maximum absolute atomic E-state index is 5.88. The van der Waals surface area contributed by atoms with E-state index in [1.165, 1.54) is 10.8 Å². The van der Waals surface area contributed by atoms with Gasteiger partial charge in [-0.1, -0.05) is 35.5 Å². The van der Waals surface area contributed by atoms with E-state index in [0.29, 0.717) is 37.4 Å². The Labute approximate surface area is 183 Å². The van der Waals surface area contributed by atoms with Crippen molar-refractivity contribution in [3.8, 4) is 5.75 Å². The van der Waals surface area contributed by atoms with Crippen molar-refractivity contribution in [3.05, 3.63) is 54.2 Å². The first kappa shape index (κ1) is 22.6. The number of nitrogens with one attached hydrogen (secondary N) is 2. The van der Waals surface area contributed by atoms with Crippen LogP contribution in [0.4, 0.5) is 0 Å². The van der Waals surface area contributed by atoms with Crippen molar-refractivity contribution in [1.29, 1.82) is 0 Å². The zero-order chi connectivity index (χ0) is 21.9. The molecular formula is C23H31N5O3. The van der Waals surface area contributed by atoms with Gasteiger partial charge in [0.05, 0.1) is 6.61 Å². The number of hydrogen-bond acceptors (Lipinski definition) is 6. The smallest absolute Gasteiger partial charge is 0.248 e. The highest BCUT2D eigenvalue weighted by atomic mass is 16.5. The maximum atomic E-state index is 5.88. The van der Waals surface area contributed by atoms with Crippen molar-refractivity contribution in [2.75, 3.05) is 26.3 Å². The number of ether oxygens (including phenoxy) is 2. The average molecular weight is 426 g/mol. The number of rotatable bonds is 11. The molecule has 8 heteroatoms. The van der Waals surface area contributed by atoms with E-state index in [1.807, 2.05) is 39.0 Å². The van der Waals surface area contributed by atoms with Crippen molar-refractivity contribution in [2.45, 2.75) is 39.8 Å². The van der Waals surface area contributed by atoms with Crippen LogP contribution < -0.4 is 15.4 Å². The van der Waals surface area contributed by atoms with Crippen LogP contribution in [0, 0.1) is 0 Å². The van der Waals surface area contributed by atoms with Crippen molar-refractivity contribution >= 4 is 16.7 Å². The standard InChI is InChI=1S/C23H31N5O3/c1-4-24-23(26-16-21-27-22(28-31-21)17(3)29-5-2)25-13-8-14-30-20-12-11-18-9-6-7-10-19(18)15-20/h6-7,9-12,15,17H,4-5,8,13-14,16H2,1-3H3,(H2,24,25,26). The molecule has 0 radical (unpaired) electrons. The summed E-state index contributed by atoms with van der Waals surface area (Å²) in [6.45, 7) is 8.86. The Morgan fingerprint density at radius 1 is 1.13 bits per heavy atom. The molecular weight excluding hydrogens is 394 g/mol.